The van der Waals surface area contributed by atoms with Crippen molar-refractivity contribution in [3.05, 3.63) is 76.2 Å². The minimum Gasteiger partial charge on any atom is -0.346 e. The van der Waals surface area contributed by atoms with Crippen molar-refractivity contribution in [3.8, 4) is 0 Å². The average molecular weight is 343 g/mol. The maximum Gasteiger partial charge on any atom is 0.129 e. The molecule has 0 atom stereocenters. The van der Waals surface area contributed by atoms with Crippen LogP contribution in [0.1, 0.15) is 42.0 Å². The Morgan fingerprint density at radius 3 is 2.30 bits per heavy atom. The molecule has 1 fully saturated rings. The summed E-state index contributed by atoms with van der Waals surface area (Å²) in [5, 5.41) is 1.11. The van der Waals surface area contributed by atoms with Crippen molar-refractivity contribution >= 4 is 33.9 Å². The van der Waals surface area contributed by atoms with Crippen LogP contribution in [0.2, 0.25) is 5.15 Å². The molecule has 1 aliphatic heterocycles. The summed E-state index contributed by atoms with van der Waals surface area (Å²) in [6.45, 7) is 0. The monoisotopic (exact) mass is 342 g/mol. The number of benzene rings is 1. The van der Waals surface area contributed by atoms with E-state index in [1.54, 1.807) is 0 Å². The van der Waals surface area contributed by atoms with Crippen molar-refractivity contribution in [1.82, 2.24) is 4.98 Å². The Morgan fingerprint density at radius 2 is 1.78 bits per heavy atom. The molecule has 0 bridgehead atoms. The van der Waals surface area contributed by atoms with Gasteiger partial charge in [-0.15, -0.1) is 0 Å². The number of aliphatic imine (C=N–C) groups is 1. The minimum absolute atomic E-state index is 0.501. The normalized spacial score (nSPS) is 19.7. The van der Waals surface area contributed by atoms with Gasteiger partial charge >= 0.3 is 0 Å². The number of halogens is 2. The Hall–Kier alpha value is -1.77. The fraction of sp³-hybridized carbons (Fsp3) is 0.211. The Morgan fingerprint density at radius 1 is 1.00 bits per heavy atom. The number of nitrogens with zero attached hydrogens (tertiary/aromatic N) is 1. The van der Waals surface area contributed by atoms with Gasteiger partial charge in [0.1, 0.15) is 10.3 Å². The van der Waals surface area contributed by atoms with Crippen LogP contribution in [0.3, 0.4) is 0 Å². The Balaban J connectivity index is 1.78. The molecule has 23 heavy (non-hydrogen) atoms. The molecule has 4 rings (SSSR count). The number of allylic oxidation sites excluding steroid dienone is 2. The van der Waals surface area contributed by atoms with Crippen LogP contribution < -0.4 is 0 Å². The van der Waals surface area contributed by atoms with Crippen molar-refractivity contribution in [1.29, 1.82) is 0 Å². The molecule has 2 heterocycles. The maximum atomic E-state index is 6.06. The molecule has 1 aliphatic carbocycles. The number of hydrogen-bond donors (Lipinski definition) is 1. The molecular formula is C19H16Cl2N2. The quantitative estimate of drug-likeness (QED) is 0.718. The lowest BCUT2D eigenvalue weighted by Gasteiger charge is -2.26. The summed E-state index contributed by atoms with van der Waals surface area (Å²) in [5.74, 6) is 0.735. The first-order chi connectivity index (χ1) is 11.2. The third-order valence-electron chi connectivity index (χ3n) is 4.56. The van der Waals surface area contributed by atoms with E-state index in [1.807, 2.05) is 24.3 Å². The summed E-state index contributed by atoms with van der Waals surface area (Å²) in [7, 11) is 0. The highest BCUT2D eigenvalue weighted by atomic mass is 35.5. The first kappa shape index (κ1) is 14.8. The van der Waals surface area contributed by atoms with Gasteiger partial charge in [0.25, 0.3) is 0 Å². The Kier molecular flexibility index (Phi) is 3.88. The molecule has 0 saturated heterocycles. The van der Waals surface area contributed by atoms with E-state index in [0.717, 1.165) is 28.4 Å². The van der Waals surface area contributed by atoms with Crippen LogP contribution in [0, 0.1) is 0 Å². The fourth-order valence-electron chi connectivity index (χ4n) is 3.10. The van der Waals surface area contributed by atoms with E-state index in [9.17, 15) is 0 Å². The zero-order valence-electron chi connectivity index (χ0n) is 12.5. The van der Waals surface area contributed by atoms with Crippen molar-refractivity contribution < 1.29 is 0 Å². The molecule has 2 aliphatic rings. The Bertz CT molecular complexity index is 821. The van der Waals surface area contributed by atoms with Gasteiger partial charge in [0.2, 0.25) is 0 Å². The summed E-state index contributed by atoms with van der Waals surface area (Å²) < 4.78 is 0. The van der Waals surface area contributed by atoms with Crippen LogP contribution in [0.4, 0.5) is 0 Å². The predicted molar refractivity (Wildman–Crippen MR) is 97.3 cm³/mol. The van der Waals surface area contributed by atoms with Crippen LogP contribution in [0.25, 0.3) is 5.57 Å². The highest BCUT2D eigenvalue weighted by molar-refractivity contribution is 6.69. The van der Waals surface area contributed by atoms with E-state index >= 15 is 0 Å². The van der Waals surface area contributed by atoms with Gasteiger partial charge in [-0.05, 0) is 54.2 Å². The summed E-state index contributed by atoms with van der Waals surface area (Å²) in [6.07, 6.45) is 7.71. The zero-order valence-corrected chi connectivity index (χ0v) is 14.0. The average Bonchev–Trinajstić information content (AvgIpc) is 3.09. The van der Waals surface area contributed by atoms with E-state index in [-0.39, 0.29) is 0 Å². The lowest BCUT2D eigenvalue weighted by atomic mass is 9.79. The molecule has 116 valence electrons. The van der Waals surface area contributed by atoms with Crippen molar-refractivity contribution in [2.24, 2.45) is 4.99 Å². The molecule has 0 radical (unpaired) electrons. The SMILES string of the molecule is ClC1=N/C(=C(/c2ccc(C3CCC3)cc2)c2ccc(Cl)[nH]2)C=C1. The van der Waals surface area contributed by atoms with Gasteiger partial charge in [0.05, 0.1) is 5.70 Å². The van der Waals surface area contributed by atoms with Gasteiger partial charge < -0.3 is 4.98 Å². The van der Waals surface area contributed by atoms with E-state index in [2.05, 4.69) is 34.2 Å². The second kappa shape index (κ2) is 6.03. The van der Waals surface area contributed by atoms with Gasteiger partial charge in [-0.1, -0.05) is 53.9 Å². The molecule has 0 unspecified atom stereocenters. The molecule has 4 heteroatoms. The van der Waals surface area contributed by atoms with Crippen LogP contribution in [0.5, 0.6) is 0 Å². The summed E-state index contributed by atoms with van der Waals surface area (Å²) in [4.78, 5) is 7.61. The van der Waals surface area contributed by atoms with Crippen LogP contribution in [0.15, 0.2) is 59.2 Å². The molecule has 1 N–H and O–H groups in total. The molecule has 0 spiro atoms. The second-order valence-electron chi connectivity index (χ2n) is 6.00. The Labute approximate surface area is 145 Å². The van der Waals surface area contributed by atoms with E-state index < -0.39 is 0 Å². The summed E-state index contributed by atoms with van der Waals surface area (Å²) in [5.41, 5.74) is 5.36. The largest absolute Gasteiger partial charge is 0.346 e. The topological polar surface area (TPSA) is 28.1 Å². The van der Waals surface area contributed by atoms with E-state index in [4.69, 9.17) is 23.2 Å². The first-order valence-electron chi connectivity index (χ1n) is 7.82. The van der Waals surface area contributed by atoms with Gasteiger partial charge in [-0.3, -0.25) is 0 Å². The lowest BCUT2D eigenvalue weighted by Crippen LogP contribution is -2.08. The van der Waals surface area contributed by atoms with Crippen LogP contribution in [-0.4, -0.2) is 10.2 Å². The fourth-order valence-corrected chi connectivity index (χ4v) is 3.41. The van der Waals surface area contributed by atoms with Gasteiger partial charge in [0, 0.05) is 11.3 Å². The van der Waals surface area contributed by atoms with E-state index in [0.29, 0.717) is 10.3 Å². The number of nitrogens with one attached hydrogen (secondary N) is 1. The lowest BCUT2D eigenvalue weighted by molar-refractivity contribution is 0.420. The smallest absolute Gasteiger partial charge is 0.129 e. The standard InChI is InChI=1S/C19H16Cl2N2/c20-17-10-8-15(22-17)19(16-9-11-18(21)23-16)14-6-4-13(5-7-14)12-2-1-3-12/h4-12,22H,1-3H2/b19-16-. The van der Waals surface area contributed by atoms with Crippen molar-refractivity contribution in [3.63, 3.8) is 0 Å². The highest BCUT2D eigenvalue weighted by Crippen LogP contribution is 2.37. The summed E-state index contributed by atoms with van der Waals surface area (Å²) >= 11 is 12.1. The molecule has 2 nitrogen and oxygen atoms in total. The number of H-pyrrole nitrogens is 1. The number of hydrogen-bond acceptors (Lipinski definition) is 1. The number of aromatic nitrogens is 1. The van der Waals surface area contributed by atoms with E-state index in [1.165, 1.54) is 24.8 Å². The molecule has 1 aromatic carbocycles. The first-order valence-corrected chi connectivity index (χ1v) is 8.58. The molecule has 1 aromatic heterocycles. The third kappa shape index (κ3) is 2.89. The number of aromatic amines is 1. The second-order valence-corrected chi connectivity index (χ2v) is 6.79. The molecule has 0 amide bonds. The van der Waals surface area contributed by atoms with Crippen molar-refractivity contribution in [2.45, 2.75) is 25.2 Å². The summed E-state index contributed by atoms with van der Waals surface area (Å²) in [6, 6.07) is 12.6. The van der Waals surface area contributed by atoms with Gasteiger partial charge in [-0.25, -0.2) is 4.99 Å². The molecule has 1 saturated carbocycles. The highest BCUT2D eigenvalue weighted by Gasteiger charge is 2.20. The zero-order chi connectivity index (χ0) is 15.8. The van der Waals surface area contributed by atoms with Gasteiger partial charge in [0.15, 0.2) is 0 Å². The predicted octanol–water partition coefficient (Wildman–Crippen LogP) is 5.90. The number of rotatable bonds is 3. The minimum atomic E-state index is 0.501. The van der Waals surface area contributed by atoms with Crippen LogP contribution >= 0.6 is 23.2 Å². The third-order valence-corrected chi connectivity index (χ3v) is 4.99. The van der Waals surface area contributed by atoms with Crippen molar-refractivity contribution in [2.75, 3.05) is 0 Å². The van der Waals surface area contributed by atoms with Crippen LogP contribution in [-0.2, 0) is 0 Å². The maximum absolute atomic E-state index is 6.06. The van der Waals surface area contributed by atoms with Gasteiger partial charge in [-0.2, -0.15) is 0 Å². The molecular weight excluding hydrogens is 327 g/mol. The molecule has 2 aromatic rings.